The molecular weight excluding hydrogens is 162 g/mol. The van der Waals surface area contributed by atoms with E-state index in [9.17, 15) is 0 Å². The van der Waals surface area contributed by atoms with Crippen LogP contribution in [0.3, 0.4) is 0 Å². The van der Waals surface area contributed by atoms with Crippen molar-refractivity contribution < 1.29 is 0 Å². The first kappa shape index (κ1) is 9.00. The minimum absolute atomic E-state index is 0.295. The largest absolute Gasteiger partial charge is 0.371 e. The monoisotopic (exact) mass is 181 g/mol. The lowest BCUT2D eigenvalue weighted by atomic mass is 9.95. The van der Waals surface area contributed by atoms with Gasteiger partial charge in [-0.1, -0.05) is 0 Å². The van der Waals surface area contributed by atoms with Crippen LogP contribution in [0, 0.1) is 0 Å². The van der Waals surface area contributed by atoms with Crippen LogP contribution in [0.4, 0.5) is 0 Å². The molecule has 2 aliphatic rings. The summed E-state index contributed by atoms with van der Waals surface area (Å²) >= 11 is 0. The van der Waals surface area contributed by atoms with Crippen molar-refractivity contribution in [3.05, 3.63) is 0 Å². The molecule has 1 fully saturated rings. The van der Waals surface area contributed by atoms with Crippen molar-refractivity contribution >= 4 is 6.34 Å². The lowest BCUT2D eigenvalue weighted by molar-refractivity contribution is 0.0921. The topological polar surface area (TPSA) is 27.6 Å². The van der Waals surface area contributed by atoms with Gasteiger partial charge in [0, 0.05) is 18.6 Å². The normalized spacial score (nSPS) is 34.4. The van der Waals surface area contributed by atoms with E-state index >= 15 is 0 Å². The fraction of sp³-hybridized carbons (Fsp3) is 0.900. The Labute approximate surface area is 80.2 Å². The van der Waals surface area contributed by atoms with E-state index in [1.54, 1.807) is 0 Å². The molecule has 2 unspecified atom stereocenters. The van der Waals surface area contributed by atoms with Crippen LogP contribution in [-0.4, -0.2) is 42.0 Å². The second-order valence-corrected chi connectivity index (χ2v) is 5.02. The molecule has 3 heteroatoms. The van der Waals surface area contributed by atoms with E-state index in [4.69, 9.17) is 0 Å². The Morgan fingerprint density at radius 3 is 2.92 bits per heavy atom. The van der Waals surface area contributed by atoms with Crippen LogP contribution >= 0.6 is 0 Å². The number of nitrogens with one attached hydrogen (secondary N) is 1. The second-order valence-electron chi connectivity index (χ2n) is 5.02. The Balaban J connectivity index is 2.01. The van der Waals surface area contributed by atoms with Crippen molar-refractivity contribution in [3.8, 4) is 0 Å². The van der Waals surface area contributed by atoms with Gasteiger partial charge >= 0.3 is 0 Å². The molecule has 0 aromatic rings. The van der Waals surface area contributed by atoms with Gasteiger partial charge in [-0.05, 0) is 27.2 Å². The van der Waals surface area contributed by atoms with Crippen molar-refractivity contribution in [2.75, 3.05) is 13.1 Å². The van der Waals surface area contributed by atoms with Crippen molar-refractivity contribution in [2.24, 2.45) is 4.99 Å². The molecular formula is C10H19N3. The zero-order valence-electron chi connectivity index (χ0n) is 8.75. The highest BCUT2D eigenvalue weighted by Gasteiger charge is 2.34. The molecule has 2 rings (SSSR count). The van der Waals surface area contributed by atoms with Crippen LogP contribution in [-0.2, 0) is 0 Å². The number of fused-ring (bicyclic) bond motifs is 1. The smallest absolute Gasteiger partial charge is 0.0845 e. The summed E-state index contributed by atoms with van der Waals surface area (Å²) in [5.41, 5.74) is 0.295. The Bertz CT molecular complexity index is 217. The molecule has 13 heavy (non-hydrogen) atoms. The summed E-state index contributed by atoms with van der Waals surface area (Å²) in [6, 6.07) is 1.10. The number of aliphatic imine (C=N–C) groups is 1. The lowest BCUT2D eigenvalue weighted by Crippen LogP contribution is -2.54. The van der Waals surface area contributed by atoms with Gasteiger partial charge in [0.1, 0.15) is 0 Å². The Kier molecular flexibility index (Phi) is 2.06. The molecule has 0 bridgehead atoms. The molecule has 2 aliphatic heterocycles. The van der Waals surface area contributed by atoms with Gasteiger partial charge in [0.05, 0.1) is 18.4 Å². The standard InChI is InChI=1S/C10H19N3/c1-10(2,3)13-5-4-8-9(6-13)12-7-11-8/h7-9H,4-6H2,1-3H3,(H,11,12). The molecule has 0 radical (unpaired) electrons. The minimum atomic E-state index is 0.295. The molecule has 0 aliphatic carbocycles. The maximum absolute atomic E-state index is 4.44. The first-order valence-corrected chi connectivity index (χ1v) is 5.10. The number of nitrogens with zero attached hydrogens (tertiary/aromatic N) is 2. The molecule has 2 atom stereocenters. The van der Waals surface area contributed by atoms with Gasteiger partial charge in [-0.3, -0.25) is 9.89 Å². The van der Waals surface area contributed by atoms with E-state index in [1.165, 1.54) is 13.0 Å². The minimum Gasteiger partial charge on any atom is -0.371 e. The molecule has 0 spiro atoms. The first-order chi connectivity index (χ1) is 6.07. The average molecular weight is 181 g/mol. The third kappa shape index (κ3) is 1.70. The summed E-state index contributed by atoms with van der Waals surface area (Å²) in [5.74, 6) is 0. The van der Waals surface area contributed by atoms with Crippen molar-refractivity contribution in [1.29, 1.82) is 0 Å². The summed E-state index contributed by atoms with van der Waals surface area (Å²) in [5, 5.41) is 3.31. The van der Waals surface area contributed by atoms with Crippen LogP contribution in [0.2, 0.25) is 0 Å². The van der Waals surface area contributed by atoms with Crippen LogP contribution in [0.15, 0.2) is 4.99 Å². The first-order valence-electron chi connectivity index (χ1n) is 5.10. The molecule has 1 N–H and O–H groups in total. The highest BCUT2D eigenvalue weighted by atomic mass is 15.2. The van der Waals surface area contributed by atoms with E-state index in [1.807, 2.05) is 6.34 Å². The zero-order valence-corrected chi connectivity index (χ0v) is 8.75. The second kappa shape index (κ2) is 2.98. The van der Waals surface area contributed by atoms with E-state index in [0.717, 1.165) is 6.54 Å². The molecule has 0 saturated carbocycles. The third-order valence-electron chi connectivity index (χ3n) is 3.09. The van der Waals surface area contributed by atoms with Crippen LogP contribution in [0.5, 0.6) is 0 Å². The number of likely N-dealkylation sites (tertiary alicyclic amines) is 1. The third-order valence-corrected chi connectivity index (χ3v) is 3.09. The maximum Gasteiger partial charge on any atom is 0.0845 e. The van der Waals surface area contributed by atoms with Crippen molar-refractivity contribution in [2.45, 2.75) is 44.8 Å². The van der Waals surface area contributed by atoms with Gasteiger partial charge < -0.3 is 5.32 Å². The summed E-state index contributed by atoms with van der Waals surface area (Å²) in [7, 11) is 0. The number of hydrogen-bond donors (Lipinski definition) is 1. The number of piperidine rings is 1. The molecule has 1 saturated heterocycles. The van der Waals surface area contributed by atoms with E-state index < -0.39 is 0 Å². The molecule has 0 amide bonds. The van der Waals surface area contributed by atoms with Gasteiger partial charge in [-0.25, -0.2) is 0 Å². The summed E-state index contributed by atoms with van der Waals surface area (Å²) < 4.78 is 0. The fourth-order valence-corrected chi connectivity index (χ4v) is 2.12. The number of rotatable bonds is 0. The summed E-state index contributed by atoms with van der Waals surface area (Å²) in [6.45, 7) is 9.14. The van der Waals surface area contributed by atoms with Gasteiger partial charge in [0.2, 0.25) is 0 Å². The molecule has 3 nitrogen and oxygen atoms in total. The van der Waals surface area contributed by atoms with Gasteiger partial charge in [-0.2, -0.15) is 0 Å². The Morgan fingerprint density at radius 2 is 2.23 bits per heavy atom. The fourth-order valence-electron chi connectivity index (χ4n) is 2.12. The summed E-state index contributed by atoms with van der Waals surface area (Å²) in [4.78, 5) is 6.97. The highest BCUT2D eigenvalue weighted by molar-refractivity contribution is 5.58. The van der Waals surface area contributed by atoms with Gasteiger partial charge in [0.15, 0.2) is 0 Å². The highest BCUT2D eigenvalue weighted by Crippen LogP contribution is 2.23. The maximum atomic E-state index is 4.44. The van der Waals surface area contributed by atoms with E-state index in [0.29, 0.717) is 17.6 Å². The quantitative estimate of drug-likeness (QED) is 0.600. The van der Waals surface area contributed by atoms with Crippen molar-refractivity contribution in [1.82, 2.24) is 10.2 Å². The lowest BCUT2D eigenvalue weighted by Gasteiger charge is -2.42. The average Bonchev–Trinajstić information content (AvgIpc) is 2.47. The van der Waals surface area contributed by atoms with Crippen LogP contribution < -0.4 is 5.32 Å². The van der Waals surface area contributed by atoms with Gasteiger partial charge in [-0.15, -0.1) is 0 Å². The molecule has 74 valence electrons. The Morgan fingerprint density at radius 1 is 1.46 bits per heavy atom. The molecule has 0 aromatic heterocycles. The zero-order chi connectivity index (χ0) is 9.47. The Hall–Kier alpha value is -0.570. The number of hydrogen-bond acceptors (Lipinski definition) is 3. The van der Waals surface area contributed by atoms with Crippen molar-refractivity contribution in [3.63, 3.8) is 0 Å². The SMILES string of the molecule is CC(C)(C)N1CCC2NC=NC2C1. The van der Waals surface area contributed by atoms with E-state index in [-0.39, 0.29) is 0 Å². The molecule has 0 aromatic carbocycles. The van der Waals surface area contributed by atoms with E-state index in [2.05, 4.69) is 36.0 Å². The van der Waals surface area contributed by atoms with Crippen LogP contribution in [0.1, 0.15) is 27.2 Å². The predicted molar refractivity (Wildman–Crippen MR) is 55.1 cm³/mol. The summed E-state index contributed by atoms with van der Waals surface area (Å²) in [6.07, 6.45) is 3.10. The molecule has 2 heterocycles. The van der Waals surface area contributed by atoms with Gasteiger partial charge in [0.25, 0.3) is 0 Å². The van der Waals surface area contributed by atoms with Crippen LogP contribution in [0.25, 0.3) is 0 Å². The predicted octanol–water partition coefficient (Wildman–Crippen LogP) is 0.859.